The molecule has 1 rings (SSSR count). The number of likely N-dealkylation sites (N-methyl/N-ethyl adjacent to an activating group) is 1. The van der Waals surface area contributed by atoms with Crippen LogP contribution in [0.4, 0.5) is 0 Å². The van der Waals surface area contributed by atoms with Gasteiger partial charge in [-0.1, -0.05) is 11.6 Å². The summed E-state index contributed by atoms with van der Waals surface area (Å²) in [7, 11) is 1.92. The van der Waals surface area contributed by atoms with E-state index in [1.165, 1.54) is 0 Å². The van der Waals surface area contributed by atoms with Gasteiger partial charge in [0.25, 0.3) is 0 Å². The Morgan fingerprint density at radius 3 is 2.90 bits per heavy atom. The topological polar surface area (TPSA) is 36.3 Å². The molecule has 0 aromatic heterocycles. The molecule has 1 saturated heterocycles. The summed E-state index contributed by atoms with van der Waals surface area (Å²) in [4.78, 5) is 1.98. The van der Waals surface area contributed by atoms with Gasteiger partial charge in [-0.15, -0.1) is 0 Å². The number of hydrogen-bond acceptors (Lipinski definition) is 3. The van der Waals surface area contributed by atoms with E-state index in [4.69, 9.17) is 21.6 Å². The summed E-state index contributed by atoms with van der Waals surface area (Å²) in [5, 5.41) is 8.47. The van der Waals surface area contributed by atoms with Crippen LogP contribution in [0.2, 0.25) is 0 Å². The predicted octanol–water partition coefficient (Wildman–Crippen LogP) is 0.405. The number of ether oxygens (including phenoxy) is 1. The van der Waals surface area contributed by atoms with Crippen LogP contribution in [0, 0.1) is 11.3 Å². The molecule has 2 unspecified atom stereocenters. The molecule has 0 spiro atoms. The SMILES string of the molecule is CN1CC(Cl)OC(C#N)C1. The first kappa shape index (κ1) is 7.80. The van der Waals surface area contributed by atoms with Crippen LogP contribution in [0.15, 0.2) is 0 Å². The van der Waals surface area contributed by atoms with Crippen molar-refractivity contribution in [3.63, 3.8) is 0 Å². The van der Waals surface area contributed by atoms with Crippen molar-refractivity contribution in [1.29, 1.82) is 5.26 Å². The molecular formula is C6H9ClN2O. The van der Waals surface area contributed by atoms with E-state index in [-0.39, 0.29) is 11.7 Å². The van der Waals surface area contributed by atoms with E-state index in [1.54, 1.807) is 0 Å². The van der Waals surface area contributed by atoms with Crippen molar-refractivity contribution in [2.45, 2.75) is 11.7 Å². The zero-order valence-corrected chi connectivity index (χ0v) is 6.51. The standard InChI is InChI=1S/C6H9ClN2O/c1-9-3-5(2-8)10-6(7)4-9/h5-6H,3-4H2,1H3. The third-order valence-electron chi connectivity index (χ3n) is 1.39. The quantitative estimate of drug-likeness (QED) is 0.482. The van der Waals surface area contributed by atoms with Crippen LogP contribution in [-0.4, -0.2) is 36.7 Å². The second-order valence-electron chi connectivity index (χ2n) is 2.39. The zero-order chi connectivity index (χ0) is 7.56. The lowest BCUT2D eigenvalue weighted by molar-refractivity contribution is -0.0122. The predicted molar refractivity (Wildman–Crippen MR) is 37.6 cm³/mol. The van der Waals surface area contributed by atoms with E-state index in [0.29, 0.717) is 13.1 Å². The van der Waals surface area contributed by atoms with Crippen molar-refractivity contribution in [3.8, 4) is 6.07 Å². The lowest BCUT2D eigenvalue weighted by Gasteiger charge is -2.29. The van der Waals surface area contributed by atoms with Crippen molar-refractivity contribution in [2.24, 2.45) is 0 Å². The minimum Gasteiger partial charge on any atom is -0.342 e. The van der Waals surface area contributed by atoms with E-state index < -0.39 is 0 Å². The molecule has 0 amide bonds. The van der Waals surface area contributed by atoms with Crippen LogP contribution in [0.25, 0.3) is 0 Å². The second-order valence-corrected chi connectivity index (χ2v) is 2.87. The van der Waals surface area contributed by atoms with Crippen molar-refractivity contribution < 1.29 is 4.74 Å². The van der Waals surface area contributed by atoms with Crippen LogP contribution in [-0.2, 0) is 4.74 Å². The number of hydrogen-bond donors (Lipinski definition) is 0. The van der Waals surface area contributed by atoms with Gasteiger partial charge in [0, 0.05) is 13.1 Å². The first-order valence-electron chi connectivity index (χ1n) is 3.10. The Hall–Kier alpha value is -0.300. The van der Waals surface area contributed by atoms with E-state index in [2.05, 4.69) is 0 Å². The molecule has 0 radical (unpaired) electrons. The van der Waals surface area contributed by atoms with Crippen molar-refractivity contribution in [3.05, 3.63) is 0 Å². The third-order valence-corrected chi connectivity index (χ3v) is 1.63. The average molecular weight is 161 g/mol. The minimum atomic E-state index is -0.360. The van der Waals surface area contributed by atoms with E-state index >= 15 is 0 Å². The van der Waals surface area contributed by atoms with Crippen molar-refractivity contribution in [2.75, 3.05) is 20.1 Å². The van der Waals surface area contributed by atoms with Crippen LogP contribution in [0.5, 0.6) is 0 Å². The molecule has 56 valence electrons. The summed E-state index contributed by atoms with van der Waals surface area (Å²) in [6.45, 7) is 1.35. The van der Waals surface area contributed by atoms with E-state index in [0.717, 1.165) is 0 Å². The smallest absolute Gasteiger partial charge is 0.158 e. The highest BCUT2D eigenvalue weighted by atomic mass is 35.5. The Bertz CT molecular complexity index is 146. The summed E-state index contributed by atoms with van der Waals surface area (Å²) < 4.78 is 5.07. The summed E-state index contributed by atoms with van der Waals surface area (Å²) in [5.74, 6) is 0. The maximum absolute atomic E-state index is 8.47. The van der Waals surface area contributed by atoms with E-state index in [9.17, 15) is 0 Å². The highest BCUT2D eigenvalue weighted by Gasteiger charge is 2.23. The van der Waals surface area contributed by atoms with Gasteiger partial charge < -0.3 is 4.74 Å². The average Bonchev–Trinajstić information content (AvgIpc) is 1.85. The monoisotopic (exact) mass is 160 g/mol. The highest BCUT2D eigenvalue weighted by Crippen LogP contribution is 2.11. The van der Waals surface area contributed by atoms with Gasteiger partial charge in [0.2, 0.25) is 0 Å². The lowest BCUT2D eigenvalue weighted by atomic mass is 10.3. The third kappa shape index (κ3) is 1.84. The Morgan fingerprint density at radius 1 is 1.70 bits per heavy atom. The number of nitriles is 1. The van der Waals surface area contributed by atoms with Crippen LogP contribution < -0.4 is 0 Å². The van der Waals surface area contributed by atoms with Crippen molar-refractivity contribution >= 4 is 11.6 Å². The molecule has 0 aromatic carbocycles. The molecule has 1 heterocycles. The molecule has 0 aliphatic carbocycles. The molecule has 1 fully saturated rings. The van der Waals surface area contributed by atoms with Gasteiger partial charge in [-0.05, 0) is 7.05 Å². The number of alkyl halides is 1. The fourth-order valence-corrected chi connectivity index (χ4v) is 1.30. The van der Waals surface area contributed by atoms with Crippen LogP contribution in [0.3, 0.4) is 0 Å². The van der Waals surface area contributed by atoms with E-state index in [1.807, 2.05) is 18.0 Å². The van der Waals surface area contributed by atoms with Gasteiger partial charge in [0.1, 0.15) is 5.56 Å². The fraction of sp³-hybridized carbons (Fsp3) is 0.833. The summed E-state index contributed by atoms with van der Waals surface area (Å²) in [5.41, 5.74) is -0.330. The molecule has 1 aliphatic heterocycles. The summed E-state index contributed by atoms with van der Waals surface area (Å²) in [6.07, 6.45) is -0.360. The molecule has 0 N–H and O–H groups in total. The molecule has 0 aromatic rings. The molecule has 4 heteroatoms. The second kappa shape index (κ2) is 3.20. The fourth-order valence-electron chi connectivity index (χ4n) is 0.938. The summed E-state index contributed by atoms with van der Waals surface area (Å²) >= 11 is 5.67. The zero-order valence-electron chi connectivity index (χ0n) is 5.75. The molecule has 0 bridgehead atoms. The minimum absolute atomic E-state index is 0.330. The Morgan fingerprint density at radius 2 is 2.40 bits per heavy atom. The van der Waals surface area contributed by atoms with Crippen molar-refractivity contribution in [1.82, 2.24) is 4.90 Å². The largest absolute Gasteiger partial charge is 0.342 e. The Kier molecular flexibility index (Phi) is 2.50. The Balaban J connectivity index is 2.44. The first-order valence-corrected chi connectivity index (χ1v) is 3.53. The molecule has 0 saturated carbocycles. The number of rotatable bonds is 0. The number of nitrogens with zero attached hydrogens (tertiary/aromatic N) is 2. The first-order chi connectivity index (χ1) is 4.72. The van der Waals surface area contributed by atoms with Gasteiger partial charge in [-0.25, -0.2) is 0 Å². The van der Waals surface area contributed by atoms with Gasteiger partial charge >= 0.3 is 0 Å². The van der Waals surface area contributed by atoms with Gasteiger partial charge in [0.15, 0.2) is 6.10 Å². The number of halogens is 1. The van der Waals surface area contributed by atoms with Gasteiger partial charge in [-0.3, -0.25) is 4.90 Å². The number of morpholine rings is 1. The maximum Gasteiger partial charge on any atom is 0.158 e. The van der Waals surface area contributed by atoms with Gasteiger partial charge in [0.05, 0.1) is 6.07 Å². The molecule has 10 heavy (non-hydrogen) atoms. The molecule has 2 atom stereocenters. The van der Waals surface area contributed by atoms with Gasteiger partial charge in [-0.2, -0.15) is 5.26 Å². The van der Waals surface area contributed by atoms with Crippen LogP contribution in [0.1, 0.15) is 0 Å². The maximum atomic E-state index is 8.47. The molecular weight excluding hydrogens is 152 g/mol. The normalized spacial score (nSPS) is 35.3. The molecule has 3 nitrogen and oxygen atoms in total. The Labute approximate surface area is 65.1 Å². The lowest BCUT2D eigenvalue weighted by Crippen LogP contribution is -2.42. The van der Waals surface area contributed by atoms with Crippen LogP contribution >= 0.6 is 11.6 Å². The highest BCUT2D eigenvalue weighted by molar-refractivity contribution is 6.19. The summed E-state index contributed by atoms with van der Waals surface area (Å²) in [6, 6.07) is 2.02. The molecule has 1 aliphatic rings.